The highest BCUT2D eigenvalue weighted by molar-refractivity contribution is 6.53. The van der Waals surface area contributed by atoms with Gasteiger partial charge >= 0.3 is 0 Å². The lowest BCUT2D eigenvalue weighted by molar-refractivity contribution is -0.120. The molecule has 0 spiro atoms. The number of nitrogens with one attached hydrogen (secondary N) is 2. The van der Waals surface area contributed by atoms with Gasteiger partial charge < -0.3 is 15.4 Å². The molecule has 9 heteroatoms. The molecule has 0 unspecified atom stereocenters. The normalized spacial score (nSPS) is 13.2. The van der Waals surface area contributed by atoms with Gasteiger partial charge in [-0.2, -0.15) is 0 Å². The lowest BCUT2D eigenvalue weighted by atomic mass is 10.1. The van der Waals surface area contributed by atoms with E-state index in [2.05, 4.69) is 17.6 Å². The fraction of sp³-hybridized carbons (Fsp3) is 0.179. The number of rotatable bonds is 9. The Morgan fingerprint density at radius 1 is 0.946 bits per heavy atom. The third-order valence-electron chi connectivity index (χ3n) is 5.76. The third-order valence-corrected chi connectivity index (χ3v) is 6.36. The number of aryl methyl sites for hydroxylation is 1. The smallest absolute Gasteiger partial charge is 0.283 e. The van der Waals surface area contributed by atoms with Crippen LogP contribution in [0.3, 0.4) is 0 Å². The van der Waals surface area contributed by atoms with Crippen molar-refractivity contribution in [3.8, 4) is 5.75 Å². The van der Waals surface area contributed by atoms with E-state index in [0.29, 0.717) is 40.0 Å². The summed E-state index contributed by atoms with van der Waals surface area (Å²) < 4.78 is 5.80. The zero-order chi connectivity index (χ0) is 26.5. The summed E-state index contributed by atoms with van der Waals surface area (Å²) in [7, 11) is 0. The van der Waals surface area contributed by atoms with Crippen LogP contribution in [-0.2, 0) is 9.59 Å². The molecule has 0 atom stereocenters. The number of anilines is 3. The highest BCUT2D eigenvalue weighted by Crippen LogP contribution is 2.32. The fourth-order valence-corrected chi connectivity index (χ4v) is 4.02. The van der Waals surface area contributed by atoms with Gasteiger partial charge in [0.1, 0.15) is 16.5 Å². The van der Waals surface area contributed by atoms with E-state index in [-0.39, 0.29) is 16.6 Å². The second-order valence-electron chi connectivity index (χ2n) is 8.42. The molecular formula is C28H25Cl2N3O4. The van der Waals surface area contributed by atoms with Gasteiger partial charge in [-0.25, -0.2) is 4.90 Å². The van der Waals surface area contributed by atoms with E-state index >= 15 is 0 Å². The molecule has 190 valence electrons. The molecule has 3 aromatic rings. The molecule has 1 heterocycles. The molecule has 7 nitrogen and oxygen atoms in total. The number of carbonyl (C=O) groups is 3. The van der Waals surface area contributed by atoms with Gasteiger partial charge in [0.05, 0.1) is 18.0 Å². The minimum atomic E-state index is -0.650. The molecule has 0 aliphatic carbocycles. The molecule has 1 aliphatic heterocycles. The number of halogens is 2. The highest BCUT2D eigenvalue weighted by atomic mass is 35.5. The van der Waals surface area contributed by atoms with E-state index in [4.69, 9.17) is 27.9 Å². The van der Waals surface area contributed by atoms with Crippen LogP contribution >= 0.6 is 23.2 Å². The standard InChI is InChI=1S/C28H25Cl2N3O4/c1-3-4-15-37-23-8-6-5-7-21(23)32-26(34)18-10-9-17(2)22(16-18)31-25-24(30)27(35)33(28(25)36)20-13-11-19(29)12-14-20/h5-14,16,31H,3-4,15H2,1-2H3,(H,32,34). The Labute approximate surface area is 225 Å². The molecule has 0 aromatic heterocycles. The minimum absolute atomic E-state index is 0.0723. The van der Waals surface area contributed by atoms with Gasteiger partial charge in [0.2, 0.25) is 0 Å². The fourth-order valence-electron chi connectivity index (χ4n) is 3.69. The first-order chi connectivity index (χ1) is 17.8. The van der Waals surface area contributed by atoms with Crippen molar-refractivity contribution in [2.45, 2.75) is 26.7 Å². The van der Waals surface area contributed by atoms with Crippen LogP contribution in [0.1, 0.15) is 35.7 Å². The van der Waals surface area contributed by atoms with Gasteiger partial charge in [0, 0.05) is 16.3 Å². The Balaban J connectivity index is 1.54. The zero-order valence-electron chi connectivity index (χ0n) is 20.3. The average molecular weight is 538 g/mol. The molecule has 2 N–H and O–H groups in total. The number of para-hydroxylation sites is 2. The molecule has 3 amide bonds. The first-order valence-corrected chi connectivity index (χ1v) is 12.5. The van der Waals surface area contributed by atoms with E-state index in [1.807, 2.05) is 19.1 Å². The Kier molecular flexibility index (Phi) is 8.16. The monoisotopic (exact) mass is 537 g/mol. The van der Waals surface area contributed by atoms with Crippen molar-refractivity contribution in [3.63, 3.8) is 0 Å². The number of hydrogen-bond donors (Lipinski definition) is 2. The van der Waals surface area contributed by atoms with Crippen LogP contribution in [0.25, 0.3) is 0 Å². The summed E-state index contributed by atoms with van der Waals surface area (Å²) in [4.78, 5) is 39.9. The maximum atomic E-state index is 13.1. The average Bonchev–Trinajstić information content (AvgIpc) is 3.10. The summed E-state index contributed by atoms with van der Waals surface area (Å²) in [6.45, 7) is 4.44. The molecule has 0 fully saturated rings. The van der Waals surface area contributed by atoms with Gasteiger partial charge in [-0.05, 0) is 67.4 Å². The Hall–Kier alpha value is -3.81. The number of benzene rings is 3. The number of unbranched alkanes of at least 4 members (excludes halogenated alkanes) is 1. The first kappa shape index (κ1) is 26.3. The van der Waals surface area contributed by atoms with Crippen molar-refractivity contribution in [2.24, 2.45) is 0 Å². The second-order valence-corrected chi connectivity index (χ2v) is 9.23. The van der Waals surface area contributed by atoms with Crippen LogP contribution < -0.4 is 20.3 Å². The number of ether oxygens (including phenoxy) is 1. The number of imide groups is 1. The molecule has 1 aliphatic rings. The predicted molar refractivity (Wildman–Crippen MR) is 146 cm³/mol. The number of carbonyl (C=O) groups excluding carboxylic acids is 3. The zero-order valence-corrected chi connectivity index (χ0v) is 21.8. The SMILES string of the molecule is CCCCOc1ccccc1NC(=O)c1ccc(C)c(NC2=C(Cl)C(=O)N(c3ccc(Cl)cc3)C2=O)c1. The maximum Gasteiger partial charge on any atom is 0.283 e. The third kappa shape index (κ3) is 5.79. The highest BCUT2D eigenvalue weighted by Gasteiger charge is 2.39. The number of hydrogen-bond acceptors (Lipinski definition) is 5. The van der Waals surface area contributed by atoms with Crippen LogP contribution in [-0.4, -0.2) is 24.3 Å². The molecule has 3 aromatic carbocycles. The van der Waals surface area contributed by atoms with Crippen LogP contribution in [0, 0.1) is 6.92 Å². The Bertz CT molecular complexity index is 1390. The van der Waals surface area contributed by atoms with E-state index in [9.17, 15) is 14.4 Å². The number of nitrogens with zero attached hydrogens (tertiary/aromatic N) is 1. The minimum Gasteiger partial charge on any atom is -0.491 e. The summed E-state index contributed by atoms with van der Waals surface area (Å²) in [6.07, 6.45) is 1.91. The summed E-state index contributed by atoms with van der Waals surface area (Å²) in [5.41, 5.74) is 2.39. The van der Waals surface area contributed by atoms with Crippen LogP contribution in [0.5, 0.6) is 5.75 Å². The quantitative estimate of drug-likeness (QED) is 0.239. The van der Waals surface area contributed by atoms with Gasteiger partial charge in [0.25, 0.3) is 17.7 Å². The van der Waals surface area contributed by atoms with Gasteiger partial charge in [-0.15, -0.1) is 0 Å². The molecule has 4 rings (SSSR count). The van der Waals surface area contributed by atoms with Crippen molar-refractivity contribution in [2.75, 3.05) is 22.1 Å². The largest absolute Gasteiger partial charge is 0.491 e. The van der Waals surface area contributed by atoms with Crippen LogP contribution in [0.2, 0.25) is 5.02 Å². The van der Waals surface area contributed by atoms with Crippen molar-refractivity contribution in [3.05, 3.63) is 93.6 Å². The van der Waals surface area contributed by atoms with Gasteiger partial charge in [-0.3, -0.25) is 14.4 Å². The predicted octanol–water partition coefficient (Wildman–Crippen LogP) is 6.52. The Morgan fingerprint density at radius 3 is 2.41 bits per heavy atom. The van der Waals surface area contributed by atoms with E-state index in [0.717, 1.165) is 23.3 Å². The molecule has 0 saturated carbocycles. The van der Waals surface area contributed by atoms with E-state index in [1.54, 1.807) is 54.6 Å². The molecule has 37 heavy (non-hydrogen) atoms. The summed E-state index contributed by atoms with van der Waals surface area (Å²) in [6, 6.07) is 18.5. The number of amides is 3. The van der Waals surface area contributed by atoms with Crippen LogP contribution in [0.15, 0.2) is 77.5 Å². The summed E-state index contributed by atoms with van der Waals surface area (Å²) in [5, 5.41) is 6.07. The molecule has 0 radical (unpaired) electrons. The maximum absolute atomic E-state index is 13.1. The van der Waals surface area contributed by atoms with E-state index < -0.39 is 11.8 Å². The van der Waals surface area contributed by atoms with E-state index in [1.165, 1.54) is 0 Å². The van der Waals surface area contributed by atoms with Crippen molar-refractivity contribution in [1.29, 1.82) is 0 Å². The lowest BCUT2D eigenvalue weighted by Gasteiger charge is -2.16. The lowest BCUT2D eigenvalue weighted by Crippen LogP contribution is -2.32. The molecular weight excluding hydrogens is 513 g/mol. The van der Waals surface area contributed by atoms with Crippen LogP contribution in [0.4, 0.5) is 17.1 Å². The second kappa shape index (κ2) is 11.5. The van der Waals surface area contributed by atoms with Crippen molar-refractivity contribution in [1.82, 2.24) is 0 Å². The molecule has 0 saturated heterocycles. The summed E-state index contributed by atoms with van der Waals surface area (Å²) >= 11 is 12.2. The van der Waals surface area contributed by atoms with Crippen molar-refractivity contribution < 1.29 is 19.1 Å². The van der Waals surface area contributed by atoms with Crippen molar-refractivity contribution >= 4 is 58.0 Å². The topological polar surface area (TPSA) is 87.7 Å². The van der Waals surface area contributed by atoms with Gasteiger partial charge in [-0.1, -0.05) is 54.7 Å². The summed E-state index contributed by atoms with van der Waals surface area (Å²) in [5.74, 6) is -1.03. The molecule has 0 bridgehead atoms. The van der Waals surface area contributed by atoms with Gasteiger partial charge in [0.15, 0.2) is 0 Å². The first-order valence-electron chi connectivity index (χ1n) is 11.7. The Morgan fingerprint density at radius 2 is 1.68 bits per heavy atom.